The molecule has 1 aromatic rings. The van der Waals surface area contributed by atoms with Gasteiger partial charge >= 0.3 is 0 Å². The molecular weight excluding hydrogens is 239 g/mol. The Morgan fingerprint density at radius 3 is 2.65 bits per heavy atom. The van der Waals surface area contributed by atoms with Crippen LogP contribution in [-0.4, -0.2) is 24.5 Å². The maximum Gasteiger partial charge on any atom is 0.129 e. The van der Waals surface area contributed by atoms with Gasteiger partial charge in [0.1, 0.15) is 5.82 Å². The Bertz CT molecular complexity index is 355. The van der Waals surface area contributed by atoms with Gasteiger partial charge in [-0.15, -0.1) is 0 Å². The molecule has 0 aliphatic carbocycles. The lowest BCUT2D eigenvalue weighted by molar-refractivity contribution is 0.239. The molecule has 0 amide bonds. The van der Waals surface area contributed by atoms with E-state index < -0.39 is 0 Å². The van der Waals surface area contributed by atoms with E-state index in [4.69, 9.17) is 17.3 Å². The summed E-state index contributed by atoms with van der Waals surface area (Å²) in [5.41, 5.74) is 6.23. The molecule has 0 heterocycles. The third-order valence-corrected chi connectivity index (χ3v) is 2.71. The zero-order valence-electron chi connectivity index (χ0n) is 10.4. The van der Waals surface area contributed by atoms with Crippen molar-refractivity contribution in [3.05, 3.63) is 34.6 Å². The van der Waals surface area contributed by atoms with Crippen molar-refractivity contribution in [2.75, 3.05) is 19.6 Å². The standard InChI is InChI=1S/C13H20ClFN2/c1-10(2)8-17(6-5-16)9-11-3-4-12(14)7-13(11)15/h3-4,7,10H,5-6,8-9,16H2,1-2H3. The van der Waals surface area contributed by atoms with E-state index >= 15 is 0 Å². The van der Waals surface area contributed by atoms with Gasteiger partial charge in [-0.25, -0.2) is 4.39 Å². The van der Waals surface area contributed by atoms with Gasteiger partial charge in [-0.2, -0.15) is 0 Å². The molecule has 0 aliphatic heterocycles. The summed E-state index contributed by atoms with van der Waals surface area (Å²) in [5.74, 6) is 0.292. The highest BCUT2D eigenvalue weighted by molar-refractivity contribution is 6.30. The molecule has 1 rings (SSSR count). The fourth-order valence-corrected chi connectivity index (χ4v) is 1.98. The average molecular weight is 259 g/mol. The van der Waals surface area contributed by atoms with Gasteiger partial charge in [-0.1, -0.05) is 31.5 Å². The lowest BCUT2D eigenvalue weighted by Gasteiger charge is -2.23. The van der Waals surface area contributed by atoms with Crippen molar-refractivity contribution in [3.8, 4) is 0 Å². The second-order valence-electron chi connectivity index (χ2n) is 4.65. The minimum absolute atomic E-state index is 0.247. The van der Waals surface area contributed by atoms with Crippen molar-refractivity contribution in [2.24, 2.45) is 11.7 Å². The first kappa shape index (κ1) is 14.4. The smallest absolute Gasteiger partial charge is 0.129 e. The minimum atomic E-state index is -0.247. The Kier molecular flexibility index (Phi) is 5.89. The van der Waals surface area contributed by atoms with Gasteiger partial charge in [0.25, 0.3) is 0 Å². The van der Waals surface area contributed by atoms with E-state index in [-0.39, 0.29) is 5.82 Å². The highest BCUT2D eigenvalue weighted by Crippen LogP contribution is 2.16. The van der Waals surface area contributed by atoms with Crippen LogP contribution >= 0.6 is 11.6 Å². The van der Waals surface area contributed by atoms with Crippen LogP contribution in [0.4, 0.5) is 4.39 Å². The Labute approximate surface area is 108 Å². The maximum atomic E-state index is 13.6. The number of nitrogens with zero attached hydrogens (tertiary/aromatic N) is 1. The number of hydrogen-bond donors (Lipinski definition) is 1. The largest absolute Gasteiger partial charge is 0.329 e. The SMILES string of the molecule is CC(C)CN(CCN)Cc1ccc(Cl)cc1F. The number of halogens is 2. The van der Waals surface area contributed by atoms with E-state index in [2.05, 4.69) is 18.7 Å². The van der Waals surface area contributed by atoms with E-state index in [9.17, 15) is 4.39 Å². The topological polar surface area (TPSA) is 29.3 Å². The van der Waals surface area contributed by atoms with Crippen LogP contribution in [0.3, 0.4) is 0 Å². The molecule has 0 radical (unpaired) electrons. The molecule has 0 aromatic heterocycles. The van der Waals surface area contributed by atoms with Gasteiger partial charge in [0.05, 0.1) is 0 Å². The van der Waals surface area contributed by atoms with Crippen molar-refractivity contribution in [1.82, 2.24) is 4.90 Å². The molecule has 0 saturated carbocycles. The Balaban J connectivity index is 2.71. The summed E-state index contributed by atoms with van der Waals surface area (Å²) in [6.07, 6.45) is 0. The van der Waals surface area contributed by atoms with Gasteiger partial charge in [0, 0.05) is 36.8 Å². The summed E-state index contributed by atoms with van der Waals surface area (Å²) in [5, 5.41) is 0.431. The summed E-state index contributed by atoms with van der Waals surface area (Å²) < 4.78 is 13.6. The zero-order chi connectivity index (χ0) is 12.8. The van der Waals surface area contributed by atoms with Crippen molar-refractivity contribution in [1.29, 1.82) is 0 Å². The minimum Gasteiger partial charge on any atom is -0.329 e. The first-order valence-electron chi connectivity index (χ1n) is 5.89. The quantitative estimate of drug-likeness (QED) is 0.850. The number of nitrogens with two attached hydrogens (primary N) is 1. The Morgan fingerprint density at radius 1 is 1.41 bits per heavy atom. The zero-order valence-corrected chi connectivity index (χ0v) is 11.2. The van der Waals surface area contributed by atoms with Crippen molar-refractivity contribution < 1.29 is 4.39 Å². The van der Waals surface area contributed by atoms with Crippen LogP contribution in [0.15, 0.2) is 18.2 Å². The molecule has 0 spiro atoms. The summed E-state index contributed by atoms with van der Waals surface area (Å²) in [6.45, 7) is 7.14. The third kappa shape index (κ3) is 5.02. The lowest BCUT2D eigenvalue weighted by Crippen LogP contribution is -2.32. The Hall–Kier alpha value is -0.640. The van der Waals surface area contributed by atoms with Gasteiger partial charge < -0.3 is 5.73 Å². The molecule has 0 aliphatic rings. The fourth-order valence-electron chi connectivity index (χ4n) is 1.82. The van der Waals surface area contributed by atoms with Gasteiger partial charge in [-0.3, -0.25) is 4.90 Å². The number of rotatable bonds is 6. The molecule has 0 unspecified atom stereocenters. The summed E-state index contributed by atoms with van der Waals surface area (Å²) >= 11 is 5.73. The highest BCUT2D eigenvalue weighted by Gasteiger charge is 2.10. The second kappa shape index (κ2) is 6.94. The van der Waals surface area contributed by atoms with Crippen molar-refractivity contribution in [2.45, 2.75) is 20.4 Å². The van der Waals surface area contributed by atoms with Crippen LogP contribution in [0.25, 0.3) is 0 Å². The molecule has 0 bridgehead atoms. The number of benzene rings is 1. The van der Waals surface area contributed by atoms with Crippen LogP contribution in [-0.2, 0) is 6.54 Å². The van der Waals surface area contributed by atoms with E-state index in [1.54, 1.807) is 12.1 Å². The van der Waals surface area contributed by atoms with Crippen LogP contribution in [0, 0.1) is 11.7 Å². The van der Waals surface area contributed by atoms with Crippen LogP contribution < -0.4 is 5.73 Å². The predicted octanol–water partition coefficient (Wildman–Crippen LogP) is 2.90. The lowest BCUT2D eigenvalue weighted by atomic mass is 10.1. The Morgan fingerprint density at radius 2 is 2.12 bits per heavy atom. The average Bonchev–Trinajstić information content (AvgIpc) is 2.21. The van der Waals surface area contributed by atoms with Crippen LogP contribution in [0.2, 0.25) is 5.02 Å². The maximum absolute atomic E-state index is 13.6. The summed E-state index contributed by atoms with van der Waals surface area (Å²) in [7, 11) is 0. The molecule has 17 heavy (non-hydrogen) atoms. The van der Waals surface area contributed by atoms with Gasteiger partial charge in [0.2, 0.25) is 0 Å². The third-order valence-electron chi connectivity index (χ3n) is 2.48. The molecular formula is C13H20ClFN2. The normalized spacial score (nSPS) is 11.5. The van der Waals surface area contributed by atoms with E-state index in [1.807, 2.05) is 0 Å². The van der Waals surface area contributed by atoms with Crippen molar-refractivity contribution >= 4 is 11.6 Å². The van der Waals surface area contributed by atoms with Crippen LogP contribution in [0.5, 0.6) is 0 Å². The molecule has 0 saturated heterocycles. The van der Waals surface area contributed by atoms with Crippen molar-refractivity contribution in [3.63, 3.8) is 0 Å². The molecule has 96 valence electrons. The number of hydrogen-bond acceptors (Lipinski definition) is 2. The van der Waals surface area contributed by atoms with Crippen LogP contribution in [0.1, 0.15) is 19.4 Å². The van der Waals surface area contributed by atoms with Gasteiger partial charge in [0.15, 0.2) is 0 Å². The molecule has 0 fully saturated rings. The summed E-state index contributed by atoms with van der Waals surface area (Å²) in [4.78, 5) is 2.16. The van der Waals surface area contributed by atoms with E-state index in [1.165, 1.54) is 6.07 Å². The van der Waals surface area contributed by atoms with E-state index in [0.29, 0.717) is 29.6 Å². The summed E-state index contributed by atoms with van der Waals surface area (Å²) in [6, 6.07) is 4.81. The molecule has 0 atom stereocenters. The fraction of sp³-hybridized carbons (Fsp3) is 0.538. The van der Waals surface area contributed by atoms with Gasteiger partial charge in [-0.05, 0) is 18.1 Å². The molecule has 2 nitrogen and oxygen atoms in total. The molecule has 2 N–H and O–H groups in total. The second-order valence-corrected chi connectivity index (χ2v) is 5.09. The highest BCUT2D eigenvalue weighted by atomic mass is 35.5. The van der Waals surface area contributed by atoms with E-state index in [0.717, 1.165) is 13.1 Å². The first-order chi connectivity index (χ1) is 8.02. The molecule has 1 aromatic carbocycles. The predicted molar refractivity (Wildman–Crippen MR) is 70.6 cm³/mol. The molecule has 4 heteroatoms. The monoisotopic (exact) mass is 258 g/mol. The first-order valence-corrected chi connectivity index (χ1v) is 6.27.